The number of carboxylic acid groups (broad SMARTS) is 1. The molecule has 0 atom stereocenters. The molecule has 0 aliphatic carbocycles. The lowest BCUT2D eigenvalue weighted by Crippen LogP contribution is -2.48. The number of hydrogen-bond acceptors (Lipinski definition) is 3. The van der Waals surface area contributed by atoms with Gasteiger partial charge in [0, 0.05) is 10.8 Å². The van der Waals surface area contributed by atoms with Gasteiger partial charge in [0.25, 0.3) is 16.6 Å². The third-order valence-corrected chi connectivity index (χ3v) is 17.7. The van der Waals surface area contributed by atoms with Crippen LogP contribution in [-0.2, 0) is 0 Å². The predicted octanol–water partition coefficient (Wildman–Crippen LogP) is 8.58. The molecule has 0 amide bonds. The summed E-state index contributed by atoms with van der Waals surface area (Å²) < 4.78 is 13.5. The van der Waals surface area contributed by atoms with Gasteiger partial charge in [-0.3, -0.25) is 0 Å². The van der Waals surface area contributed by atoms with Gasteiger partial charge in [-0.2, -0.15) is 0 Å². The van der Waals surface area contributed by atoms with Crippen LogP contribution in [0.3, 0.4) is 0 Å². The highest BCUT2D eigenvalue weighted by atomic mass is 28.4. The monoisotopic (exact) mass is 488 g/mol. The second kappa shape index (κ2) is 9.10. The van der Waals surface area contributed by atoms with E-state index in [2.05, 4.69) is 81.6 Å². The third kappa shape index (κ3) is 5.02. The van der Waals surface area contributed by atoms with Crippen molar-refractivity contribution < 1.29 is 18.8 Å². The zero-order chi connectivity index (χ0) is 25.6. The lowest BCUT2D eigenvalue weighted by molar-refractivity contribution is 0.0694. The summed E-state index contributed by atoms with van der Waals surface area (Å²) in [5, 5.41) is 11.9. The van der Waals surface area contributed by atoms with Crippen LogP contribution in [0.2, 0.25) is 36.3 Å². The van der Waals surface area contributed by atoms with Crippen molar-refractivity contribution in [2.24, 2.45) is 11.8 Å². The van der Waals surface area contributed by atoms with Crippen LogP contribution in [0, 0.1) is 11.8 Å². The number of carbonyl (C=O) groups is 1. The quantitative estimate of drug-likeness (QED) is 0.359. The molecule has 33 heavy (non-hydrogen) atoms. The summed E-state index contributed by atoms with van der Waals surface area (Å²) in [4.78, 5) is 12.4. The second-order valence-electron chi connectivity index (χ2n) is 12.1. The van der Waals surface area contributed by atoms with Crippen molar-refractivity contribution in [2.45, 2.75) is 91.7 Å². The van der Waals surface area contributed by atoms with E-state index in [1.54, 1.807) is 6.07 Å². The van der Waals surface area contributed by atoms with Crippen molar-refractivity contribution in [3.05, 3.63) is 35.9 Å². The van der Waals surface area contributed by atoms with Crippen molar-refractivity contribution in [3.63, 3.8) is 0 Å². The Balaban J connectivity index is 2.75. The largest absolute Gasteiger partial charge is 0.543 e. The second-order valence-corrected chi connectivity index (χ2v) is 21.1. The van der Waals surface area contributed by atoms with Crippen molar-refractivity contribution in [3.8, 4) is 11.5 Å². The highest BCUT2D eigenvalue weighted by molar-refractivity contribution is 6.75. The molecule has 0 radical (unpaired) electrons. The molecule has 4 nitrogen and oxygen atoms in total. The molecule has 0 bridgehead atoms. The minimum Gasteiger partial charge on any atom is -0.543 e. The van der Waals surface area contributed by atoms with E-state index in [9.17, 15) is 9.90 Å². The molecular formula is C27H44O4Si2. The molecule has 0 heterocycles. The normalized spacial score (nSPS) is 13.6. The van der Waals surface area contributed by atoms with Gasteiger partial charge in [-0.15, -0.1) is 0 Å². The summed E-state index contributed by atoms with van der Waals surface area (Å²) in [7, 11) is -4.58. The molecular weight excluding hydrogens is 444 g/mol. The molecule has 2 aromatic rings. The van der Waals surface area contributed by atoms with Crippen LogP contribution in [0.4, 0.5) is 0 Å². The maximum absolute atomic E-state index is 12.4. The van der Waals surface area contributed by atoms with Gasteiger partial charge in [-0.25, -0.2) is 4.79 Å². The minimum absolute atomic E-state index is 0.00283. The summed E-state index contributed by atoms with van der Waals surface area (Å²) in [6, 6.07) is 9.57. The van der Waals surface area contributed by atoms with Gasteiger partial charge in [0.2, 0.25) is 0 Å². The van der Waals surface area contributed by atoms with E-state index in [4.69, 9.17) is 8.85 Å². The Hall–Kier alpha value is -1.80. The topological polar surface area (TPSA) is 55.8 Å². The lowest BCUT2D eigenvalue weighted by Gasteiger charge is -2.43. The fraction of sp³-hybridized carbons (Fsp3) is 0.593. The summed E-state index contributed by atoms with van der Waals surface area (Å²) >= 11 is 0. The summed E-state index contributed by atoms with van der Waals surface area (Å²) in [6.45, 7) is 26.6. The van der Waals surface area contributed by atoms with E-state index >= 15 is 0 Å². The summed E-state index contributed by atoms with van der Waals surface area (Å²) in [6.07, 6.45) is 0. The van der Waals surface area contributed by atoms with Crippen LogP contribution >= 0.6 is 0 Å². The minimum atomic E-state index is -2.33. The molecule has 2 rings (SSSR count). The van der Waals surface area contributed by atoms with E-state index in [1.165, 1.54) is 0 Å². The van der Waals surface area contributed by atoms with Gasteiger partial charge in [0.05, 0.1) is 0 Å². The molecule has 0 aliphatic rings. The Morgan fingerprint density at radius 3 is 1.67 bits per heavy atom. The highest BCUT2D eigenvalue weighted by Gasteiger charge is 2.47. The number of hydrogen-bond donors (Lipinski definition) is 1. The Morgan fingerprint density at radius 1 is 0.818 bits per heavy atom. The Morgan fingerprint density at radius 2 is 1.24 bits per heavy atom. The molecule has 0 fully saturated rings. The molecule has 0 aliphatic heterocycles. The Kier molecular flexibility index (Phi) is 7.57. The average Bonchev–Trinajstić information content (AvgIpc) is 2.68. The molecule has 6 heteroatoms. The van der Waals surface area contributed by atoms with E-state index < -0.39 is 22.6 Å². The van der Waals surface area contributed by atoms with Gasteiger partial charge >= 0.3 is 5.97 Å². The standard InChI is InChI=1S/C27H44O4Si2/c1-18(2)26(5,6)32(9,10)30-23-17-22(25(28)29)24(21-16-14-13-15-20(21)23)31-33(11,12)27(7,8)19(3)4/h13-19H,1-12H3,(H,28,29). The number of benzene rings is 2. The van der Waals surface area contributed by atoms with Gasteiger partial charge in [0.15, 0.2) is 0 Å². The smallest absolute Gasteiger partial charge is 0.339 e. The molecule has 1 N–H and O–H groups in total. The molecule has 0 aromatic heterocycles. The Bertz CT molecular complexity index is 1020. The molecule has 0 saturated heterocycles. The fourth-order valence-electron chi connectivity index (χ4n) is 3.85. The average molecular weight is 489 g/mol. The molecule has 0 unspecified atom stereocenters. The first-order chi connectivity index (χ1) is 14.9. The molecule has 2 aromatic carbocycles. The summed E-state index contributed by atoms with van der Waals surface area (Å²) in [5.41, 5.74) is 0.177. The molecule has 184 valence electrons. The number of carboxylic acids is 1. The maximum Gasteiger partial charge on any atom is 0.339 e. The van der Waals surface area contributed by atoms with E-state index in [0.29, 0.717) is 23.3 Å². The van der Waals surface area contributed by atoms with Crippen molar-refractivity contribution in [1.82, 2.24) is 0 Å². The van der Waals surface area contributed by atoms with Gasteiger partial charge in [-0.05, 0) is 54.2 Å². The highest BCUT2D eigenvalue weighted by Crippen LogP contribution is 2.49. The molecule has 0 saturated carbocycles. The lowest BCUT2D eigenvalue weighted by atomic mass is 9.99. The van der Waals surface area contributed by atoms with E-state index in [1.807, 2.05) is 24.3 Å². The van der Waals surface area contributed by atoms with Crippen molar-refractivity contribution in [2.75, 3.05) is 0 Å². The van der Waals surface area contributed by atoms with Crippen LogP contribution in [0.5, 0.6) is 11.5 Å². The zero-order valence-corrected chi connectivity index (χ0v) is 24.7. The van der Waals surface area contributed by atoms with E-state index in [0.717, 1.165) is 10.8 Å². The number of fused-ring (bicyclic) bond motifs is 1. The maximum atomic E-state index is 12.4. The number of aromatic carboxylic acids is 1. The fourth-order valence-corrected chi connectivity index (χ4v) is 8.61. The first kappa shape index (κ1) is 27.4. The van der Waals surface area contributed by atoms with E-state index in [-0.39, 0.29) is 15.6 Å². The van der Waals surface area contributed by atoms with Crippen molar-refractivity contribution >= 4 is 33.4 Å². The van der Waals surface area contributed by atoms with Crippen LogP contribution in [0.15, 0.2) is 30.3 Å². The Labute approximate surface area is 203 Å². The van der Waals surface area contributed by atoms with Gasteiger partial charge < -0.3 is 14.0 Å². The zero-order valence-electron chi connectivity index (χ0n) is 22.7. The summed E-state index contributed by atoms with van der Waals surface area (Å²) in [5.74, 6) is 0.973. The van der Waals surface area contributed by atoms with Crippen LogP contribution in [0.1, 0.15) is 65.7 Å². The van der Waals surface area contributed by atoms with Crippen LogP contribution in [-0.4, -0.2) is 27.7 Å². The first-order valence-corrected chi connectivity index (χ1v) is 17.9. The van der Waals surface area contributed by atoms with Crippen LogP contribution in [0.25, 0.3) is 10.8 Å². The SMILES string of the molecule is CC(C)C(C)(C)[Si](C)(C)Oc1cc(C(=O)O)c(O[Si](C)(C)C(C)(C)C(C)C)c2ccccc12. The third-order valence-electron chi connectivity index (χ3n) is 8.90. The molecule has 0 spiro atoms. The predicted molar refractivity (Wildman–Crippen MR) is 145 cm³/mol. The van der Waals surface area contributed by atoms with Crippen LogP contribution < -0.4 is 8.85 Å². The number of rotatable bonds is 9. The van der Waals surface area contributed by atoms with Crippen molar-refractivity contribution in [1.29, 1.82) is 0 Å². The van der Waals surface area contributed by atoms with Gasteiger partial charge in [0.1, 0.15) is 17.1 Å². The first-order valence-electron chi connectivity index (χ1n) is 12.0. The van der Waals surface area contributed by atoms with Gasteiger partial charge in [-0.1, -0.05) is 79.7 Å².